The largest absolute Gasteiger partial charge is 0.349 e. The van der Waals surface area contributed by atoms with Crippen LogP contribution in [0.5, 0.6) is 0 Å². The van der Waals surface area contributed by atoms with Gasteiger partial charge in [-0.15, -0.1) is 0 Å². The first kappa shape index (κ1) is 19.7. The summed E-state index contributed by atoms with van der Waals surface area (Å²) in [5, 5.41) is 6.46. The van der Waals surface area contributed by atoms with Crippen molar-refractivity contribution in [3.63, 3.8) is 0 Å². The van der Waals surface area contributed by atoms with E-state index in [2.05, 4.69) is 36.5 Å². The molecule has 2 aromatic carbocycles. The van der Waals surface area contributed by atoms with E-state index in [1.54, 1.807) is 30.5 Å². The summed E-state index contributed by atoms with van der Waals surface area (Å²) in [6, 6.07) is 15.2. The van der Waals surface area contributed by atoms with E-state index in [4.69, 9.17) is 0 Å². The minimum atomic E-state index is -0.156. The van der Waals surface area contributed by atoms with E-state index in [1.807, 2.05) is 24.3 Å². The van der Waals surface area contributed by atoms with Crippen LogP contribution in [-0.4, -0.2) is 33.6 Å². The van der Waals surface area contributed by atoms with E-state index in [9.17, 15) is 9.59 Å². The Balaban J connectivity index is 1.31. The van der Waals surface area contributed by atoms with Gasteiger partial charge in [0.2, 0.25) is 5.91 Å². The average Bonchev–Trinajstić information content (AvgIpc) is 3.41. The van der Waals surface area contributed by atoms with E-state index in [0.717, 1.165) is 28.6 Å². The van der Waals surface area contributed by atoms with Crippen LogP contribution >= 0.6 is 27.7 Å². The van der Waals surface area contributed by atoms with Crippen molar-refractivity contribution in [2.45, 2.75) is 24.0 Å². The molecule has 3 N–H and O–H groups in total. The van der Waals surface area contributed by atoms with Crippen molar-refractivity contribution in [1.29, 1.82) is 0 Å². The number of amides is 2. The number of carbonyl (C=O) groups is 2. The highest BCUT2D eigenvalue weighted by molar-refractivity contribution is 9.10. The normalized spacial score (nSPS) is 13.1. The Labute approximate surface area is 181 Å². The maximum atomic E-state index is 12.3. The second-order valence-corrected chi connectivity index (χ2v) is 8.65. The van der Waals surface area contributed by atoms with Crippen molar-refractivity contribution in [2.75, 3.05) is 11.1 Å². The molecule has 0 unspecified atom stereocenters. The van der Waals surface area contributed by atoms with Crippen LogP contribution in [0, 0.1) is 0 Å². The van der Waals surface area contributed by atoms with Crippen LogP contribution in [0.3, 0.4) is 0 Å². The minimum absolute atomic E-state index is 0.103. The first-order valence-corrected chi connectivity index (χ1v) is 11.0. The highest BCUT2D eigenvalue weighted by Crippen LogP contribution is 2.23. The third kappa shape index (κ3) is 5.48. The molecule has 0 spiro atoms. The number of nitrogens with one attached hydrogen (secondary N) is 3. The summed E-state index contributed by atoms with van der Waals surface area (Å²) < 4.78 is 1.01. The lowest BCUT2D eigenvalue weighted by molar-refractivity contribution is -0.113. The maximum absolute atomic E-state index is 12.3. The Hall–Kier alpha value is -2.58. The molecule has 1 fully saturated rings. The van der Waals surface area contributed by atoms with Crippen LogP contribution in [-0.2, 0) is 4.79 Å². The van der Waals surface area contributed by atoms with E-state index < -0.39 is 0 Å². The first-order valence-electron chi connectivity index (χ1n) is 9.21. The fourth-order valence-electron chi connectivity index (χ4n) is 2.72. The summed E-state index contributed by atoms with van der Waals surface area (Å²) in [4.78, 5) is 32.0. The molecule has 6 nitrogen and oxygen atoms in total. The molecule has 29 heavy (non-hydrogen) atoms. The lowest BCUT2D eigenvalue weighted by atomic mass is 10.2. The summed E-state index contributed by atoms with van der Waals surface area (Å²) in [6.45, 7) is 0. The van der Waals surface area contributed by atoms with Crippen molar-refractivity contribution in [2.24, 2.45) is 0 Å². The zero-order valence-corrected chi connectivity index (χ0v) is 17.8. The number of nitrogens with zero attached hydrogens (tertiary/aromatic N) is 1. The molecule has 0 atom stereocenters. The molecule has 0 radical (unpaired) electrons. The van der Waals surface area contributed by atoms with Crippen LogP contribution < -0.4 is 10.6 Å². The Bertz CT molecular complexity index is 1030. The fourth-order valence-corrected chi connectivity index (χ4v) is 3.63. The van der Waals surface area contributed by atoms with Gasteiger partial charge in [-0.25, -0.2) is 4.98 Å². The molecule has 1 heterocycles. The van der Waals surface area contributed by atoms with Gasteiger partial charge in [0.1, 0.15) is 0 Å². The molecular formula is C21H19BrN4O2S. The molecule has 4 rings (SSSR count). The number of anilines is 1. The predicted molar refractivity (Wildman–Crippen MR) is 118 cm³/mol. The van der Waals surface area contributed by atoms with Crippen LogP contribution in [0.1, 0.15) is 23.2 Å². The Morgan fingerprint density at radius 1 is 1.17 bits per heavy atom. The molecule has 8 heteroatoms. The van der Waals surface area contributed by atoms with Gasteiger partial charge in [0.25, 0.3) is 5.91 Å². The third-order valence-electron chi connectivity index (χ3n) is 4.37. The molecule has 1 aromatic heterocycles. The SMILES string of the molecule is O=C(CSc1ncc(-c2ccc(Br)cc2)[nH]1)Nc1cccc(C(=O)NC2CC2)c1. The van der Waals surface area contributed by atoms with Gasteiger partial charge < -0.3 is 15.6 Å². The summed E-state index contributed by atoms with van der Waals surface area (Å²) in [6.07, 6.45) is 3.83. The quantitative estimate of drug-likeness (QED) is 0.444. The summed E-state index contributed by atoms with van der Waals surface area (Å²) in [5.74, 6) is -0.0448. The molecule has 1 aliphatic rings. The van der Waals surface area contributed by atoms with Gasteiger partial charge in [-0.05, 0) is 48.7 Å². The van der Waals surface area contributed by atoms with Gasteiger partial charge in [-0.2, -0.15) is 0 Å². The van der Waals surface area contributed by atoms with Crippen molar-refractivity contribution in [1.82, 2.24) is 15.3 Å². The standard InChI is InChI=1S/C21H19BrN4O2S/c22-15-6-4-13(5-7-15)18-11-23-21(26-18)29-12-19(27)24-17-3-1-2-14(10-17)20(28)25-16-8-9-16/h1-7,10-11,16H,8-9,12H2,(H,23,26)(H,24,27)(H,25,28). The monoisotopic (exact) mass is 470 g/mol. The molecular weight excluding hydrogens is 452 g/mol. The maximum Gasteiger partial charge on any atom is 0.251 e. The third-order valence-corrected chi connectivity index (χ3v) is 5.78. The van der Waals surface area contributed by atoms with Gasteiger partial charge in [-0.3, -0.25) is 9.59 Å². The van der Waals surface area contributed by atoms with E-state index >= 15 is 0 Å². The second kappa shape index (κ2) is 8.84. The van der Waals surface area contributed by atoms with Crippen LogP contribution in [0.15, 0.2) is 64.4 Å². The number of halogens is 1. The smallest absolute Gasteiger partial charge is 0.251 e. The highest BCUT2D eigenvalue weighted by Gasteiger charge is 2.23. The number of carbonyl (C=O) groups excluding carboxylic acids is 2. The Morgan fingerprint density at radius 3 is 2.72 bits per heavy atom. The van der Waals surface area contributed by atoms with Crippen LogP contribution in [0.2, 0.25) is 0 Å². The summed E-state index contributed by atoms with van der Waals surface area (Å²) in [7, 11) is 0. The number of hydrogen-bond donors (Lipinski definition) is 3. The highest BCUT2D eigenvalue weighted by atomic mass is 79.9. The first-order chi connectivity index (χ1) is 14.1. The van der Waals surface area contributed by atoms with Gasteiger partial charge in [0.05, 0.1) is 17.6 Å². The van der Waals surface area contributed by atoms with Crippen molar-refractivity contribution in [3.8, 4) is 11.3 Å². The molecule has 3 aromatic rings. The van der Waals surface area contributed by atoms with Crippen molar-refractivity contribution < 1.29 is 9.59 Å². The molecule has 148 valence electrons. The Kier molecular flexibility index (Phi) is 6.01. The number of aromatic amines is 1. The summed E-state index contributed by atoms with van der Waals surface area (Å²) in [5.41, 5.74) is 3.08. The molecule has 0 saturated heterocycles. The lowest BCUT2D eigenvalue weighted by Crippen LogP contribution is -2.25. The molecule has 1 saturated carbocycles. The van der Waals surface area contributed by atoms with Gasteiger partial charge >= 0.3 is 0 Å². The predicted octanol–water partition coefficient (Wildman–Crippen LogP) is 4.46. The second-order valence-electron chi connectivity index (χ2n) is 6.77. The van der Waals surface area contributed by atoms with Crippen molar-refractivity contribution in [3.05, 3.63) is 64.8 Å². The molecule has 1 aliphatic carbocycles. The summed E-state index contributed by atoms with van der Waals surface area (Å²) >= 11 is 4.75. The Morgan fingerprint density at radius 2 is 1.97 bits per heavy atom. The van der Waals surface area contributed by atoms with E-state index in [1.165, 1.54) is 11.8 Å². The zero-order valence-electron chi connectivity index (χ0n) is 15.4. The minimum Gasteiger partial charge on any atom is -0.349 e. The number of H-pyrrole nitrogens is 1. The van der Waals surface area contributed by atoms with E-state index in [0.29, 0.717) is 22.4 Å². The molecule has 0 aliphatic heterocycles. The number of rotatable bonds is 7. The van der Waals surface area contributed by atoms with Gasteiger partial charge in [-0.1, -0.05) is 45.9 Å². The topological polar surface area (TPSA) is 86.9 Å². The van der Waals surface area contributed by atoms with E-state index in [-0.39, 0.29) is 17.6 Å². The lowest BCUT2D eigenvalue weighted by Gasteiger charge is -2.07. The zero-order chi connectivity index (χ0) is 20.2. The molecule has 2 amide bonds. The van der Waals surface area contributed by atoms with Crippen LogP contribution in [0.25, 0.3) is 11.3 Å². The number of imidazole rings is 1. The fraction of sp³-hybridized carbons (Fsp3) is 0.190. The van der Waals surface area contributed by atoms with Gasteiger partial charge in [0, 0.05) is 21.8 Å². The number of aromatic nitrogens is 2. The van der Waals surface area contributed by atoms with Crippen LogP contribution in [0.4, 0.5) is 5.69 Å². The molecule has 0 bridgehead atoms. The number of benzene rings is 2. The number of thioether (sulfide) groups is 1. The van der Waals surface area contributed by atoms with Crippen molar-refractivity contribution >= 4 is 45.2 Å². The average molecular weight is 471 g/mol. The van der Waals surface area contributed by atoms with Gasteiger partial charge in [0.15, 0.2) is 5.16 Å². The number of hydrogen-bond acceptors (Lipinski definition) is 4.